The normalized spacial score (nSPS) is 18.3. The van der Waals surface area contributed by atoms with Gasteiger partial charge in [0.1, 0.15) is 17.7 Å². The third kappa shape index (κ3) is 4.62. The van der Waals surface area contributed by atoms with Gasteiger partial charge in [-0.15, -0.1) is 0 Å². The first-order valence-electron chi connectivity index (χ1n) is 11.0. The van der Waals surface area contributed by atoms with Crippen LogP contribution >= 0.6 is 0 Å². The number of nitrogens with zero attached hydrogens (tertiary/aromatic N) is 1. The van der Waals surface area contributed by atoms with Crippen molar-refractivity contribution < 1.29 is 8.78 Å². The fraction of sp³-hybridized carbons (Fsp3) is 0.321. The second-order valence-electron chi connectivity index (χ2n) is 8.47. The molecule has 3 aromatic rings. The van der Waals surface area contributed by atoms with E-state index < -0.39 is 5.82 Å². The maximum absolute atomic E-state index is 15.1. The zero-order chi connectivity index (χ0) is 21.8. The number of halogens is 2. The highest BCUT2D eigenvalue weighted by Gasteiger charge is 2.22. The first-order chi connectivity index (χ1) is 15.1. The van der Waals surface area contributed by atoms with Crippen molar-refractivity contribution in [3.05, 3.63) is 82.4 Å². The van der Waals surface area contributed by atoms with Crippen LogP contribution in [-0.4, -0.2) is 0 Å². The molecule has 0 aromatic heterocycles. The van der Waals surface area contributed by atoms with E-state index >= 15 is 4.39 Å². The summed E-state index contributed by atoms with van der Waals surface area (Å²) in [6.45, 7) is 2.26. The number of benzene rings is 3. The first-order valence-corrected chi connectivity index (χ1v) is 11.0. The Bertz CT molecular complexity index is 1200. The quantitative estimate of drug-likeness (QED) is 0.409. The van der Waals surface area contributed by atoms with Crippen LogP contribution in [0, 0.1) is 40.7 Å². The molecule has 3 aromatic carbocycles. The molecular weight excluding hydrogens is 388 g/mol. The van der Waals surface area contributed by atoms with E-state index in [1.807, 2.05) is 12.1 Å². The van der Waals surface area contributed by atoms with E-state index in [-0.39, 0.29) is 16.9 Å². The van der Waals surface area contributed by atoms with Crippen molar-refractivity contribution in [2.24, 2.45) is 5.92 Å². The smallest absolute Gasteiger partial charge is 0.146 e. The molecule has 0 radical (unpaired) electrons. The highest BCUT2D eigenvalue weighted by atomic mass is 19.1. The average molecular weight is 414 g/mol. The van der Waals surface area contributed by atoms with Crippen LogP contribution in [0.1, 0.15) is 73.6 Å². The molecule has 1 fully saturated rings. The Hall–Kier alpha value is -3.17. The lowest BCUT2D eigenvalue weighted by Crippen LogP contribution is -2.13. The van der Waals surface area contributed by atoms with Crippen molar-refractivity contribution in [2.75, 3.05) is 0 Å². The summed E-state index contributed by atoms with van der Waals surface area (Å²) in [5.41, 5.74) is 1.96. The Balaban J connectivity index is 1.56. The molecule has 0 aliphatic heterocycles. The standard InChI is InChI=1S/C28H25F2N/c1-2-3-19-4-8-21(9-5-19)23-14-15-26-24(17-23)13-12-22(28(26)30)10-6-20-7-11-25(18-31)27(29)16-20/h7,11-17,19,21H,2-5,8-9H2,1H3. The number of nitriles is 1. The largest absolute Gasteiger partial charge is 0.206 e. The van der Waals surface area contributed by atoms with Crippen LogP contribution < -0.4 is 0 Å². The summed E-state index contributed by atoms with van der Waals surface area (Å²) in [4.78, 5) is 0. The maximum atomic E-state index is 15.1. The average Bonchev–Trinajstić information content (AvgIpc) is 2.79. The Morgan fingerprint density at radius 3 is 2.39 bits per heavy atom. The van der Waals surface area contributed by atoms with E-state index in [9.17, 15) is 4.39 Å². The fourth-order valence-electron chi connectivity index (χ4n) is 4.68. The highest BCUT2D eigenvalue weighted by molar-refractivity contribution is 5.85. The molecule has 0 atom stereocenters. The number of hydrogen-bond acceptors (Lipinski definition) is 1. The van der Waals surface area contributed by atoms with Crippen LogP contribution in [0.3, 0.4) is 0 Å². The molecule has 3 heteroatoms. The number of hydrogen-bond donors (Lipinski definition) is 0. The Kier molecular flexibility index (Phi) is 6.34. The lowest BCUT2D eigenvalue weighted by molar-refractivity contribution is 0.308. The summed E-state index contributed by atoms with van der Waals surface area (Å²) < 4.78 is 28.8. The van der Waals surface area contributed by atoms with Crippen LogP contribution in [-0.2, 0) is 0 Å². The summed E-state index contributed by atoms with van der Waals surface area (Å²) in [6.07, 6.45) is 7.59. The minimum absolute atomic E-state index is 0.0305. The lowest BCUT2D eigenvalue weighted by Gasteiger charge is -2.28. The molecular formula is C28H25F2N. The number of rotatable bonds is 3. The summed E-state index contributed by atoms with van der Waals surface area (Å²) in [7, 11) is 0. The fourth-order valence-corrected chi connectivity index (χ4v) is 4.68. The SMILES string of the molecule is CCCC1CCC(c2ccc3c(F)c(C#Cc4ccc(C#N)c(F)c4)ccc3c2)CC1. The van der Waals surface area contributed by atoms with Gasteiger partial charge in [0, 0.05) is 10.9 Å². The third-order valence-corrected chi connectivity index (χ3v) is 6.42. The molecule has 156 valence electrons. The van der Waals surface area contributed by atoms with Gasteiger partial charge < -0.3 is 0 Å². The van der Waals surface area contributed by atoms with Gasteiger partial charge in [-0.1, -0.05) is 55.9 Å². The second-order valence-corrected chi connectivity index (χ2v) is 8.47. The van der Waals surface area contributed by atoms with Gasteiger partial charge in [0.05, 0.1) is 11.1 Å². The van der Waals surface area contributed by atoms with E-state index in [1.165, 1.54) is 56.2 Å². The maximum Gasteiger partial charge on any atom is 0.146 e. The number of fused-ring (bicyclic) bond motifs is 1. The van der Waals surface area contributed by atoms with Gasteiger partial charge in [0.25, 0.3) is 0 Å². The molecule has 0 amide bonds. The van der Waals surface area contributed by atoms with Gasteiger partial charge in [-0.05, 0) is 72.7 Å². The van der Waals surface area contributed by atoms with Crippen molar-refractivity contribution in [3.8, 4) is 17.9 Å². The molecule has 1 nitrogen and oxygen atoms in total. The van der Waals surface area contributed by atoms with Crippen LogP contribution in [0.4, 0.5) is 8.78 Å². The zero-order valence-electron chi connectivity index (χ0n) is 17.7. The minimum Gasteiger partial charge on any atom is -0.206 e. The molecule has 0 unspecified atom stereocenters. The van der Waals surface area contributed by atoms with Crippen molar-refractivity contribution in [1.82, 2.24) is 0 Å². The summed E-state index contributed by atoms with van der Waals surface area (Å²) >= 11 is 0. The van der Waals surface area contributed by atoms with Crippen LogP contribution in [0.15, 0.2) is 48.5 Å². The van der Waals surface area contributed by atoms with Gasteiger partial charge in [0.15, 0.2) is 0 Å². The van der Waals surface area contributed by atoms with Gasteiger partial charge in [-0.25, -0.2) is 8.78 Å². The molecule has 1 aliphatic rings. The molecule has 0 N–H and O–H groups in total. The summed E-state index contributed by atoms with van der Waals surface area (Å²) in [5, 5.41) is 10.3. The molecule has 1 aliphatic carbocycles. The topological polar surface area (TPSA) is 23.8 Å². The second kappa shape index (κ2) is 9.32. The molecule has 1 saturated carbocycles. The zero-order valence-corrected chi connectivity index (χ0v) is 17.7. The van der Waals surface area contributed by atoms with E-state index in [4.69, 9.17) is 5.26 Å². The van der Waals surface area contributed by atoms with Crippen molar-refractivity contribution >= 4 is 10.8 Å². The van der Waals surface area contributed by atoms with Gasteiger partial charge in [-0.3, -0.25) is 0 Å². The molecule has 4 rings (SSSR count). The van der Waals surface area contributed by atoms with Crippen LogP contribution in [0.5, 0.6) is 0 Å². The predicted octanol–water partition coefficient (Wildman–Crippen LogP) is 7.46. The van der Waals surface area contributed by atoms with E-state index in [1.54, 1.807) is 18.2 Å². The van der Waals surface area contributed by atoms with Gasteiger partial charge in [0.2, 0.25) is 0 Å². The molecule has 0 spiro atoms. The Morgan fingerprint density at radius 2 is 1.68 bits per heavy atom. The van der Waals surface area contributed by atoms with Crippen LogP contribution in [0.2, 0.25) is 0 Å². The van der Waals surface area contributed by atoms with E-state index in [0.29, 0.717) is 16.9 Å². The first kappa shape index (κ1) is 21.1. The van der Waals surface area contributed by atoms with Crippen molar-refractivity contribution in [3.63, 3.8) is 0 Å². The predicted molar refractivity (Wildman–Crippen MR) is 121 cm³/mol. The molecule has 0 saturated heterocycles. The monoisotopic (exact) mass is 413 g/mol. The third-order valence-electron chi connectivity index (χ3n) is 6.42. The summed E-state index contributed by atoms with van der Waals surface area (Å²) in [5.74, 6) is 6.06. The van der Waals surface area contributed by atoms with E-state index in [0.717, 1.165) is 11.3 Å². The molecule has 31 heavy (non-hydrogen) atoms. The Morgan fingerprint density at radius 1 is 0.903 bits per heavy atom. The minimum atomic E-state index is -0.621. The van der Waals surface area contributed by atoms with Gasteiger partial charge in [-0.2, -0.15) is 5.26 Å². The van der Waals surface area contributed by atoms with Crippen molar-refractivity contribution in [2.45, 2.75) is 51.4 Å². The highest BCUT2D eigenvalue weighted by Crippen LogP contribution is 2.38. The van der Waals surface area contributed by atoms with Gasteiger partial charge >= 0.3 is 0 Å². The molecule has 0 bridgehead atoms. The Labute approximate surface area is 182 Å². The van der Waals surface area contributed by atoms with E-state index in [2.05, 4.69) is 30.9 Å². The van der Waals surface area contributed by atoms with Crippen LogP contribution in [0.25, 0.3) is 10.8 Å². The van der Waals surface area contributed by atoms with Crippen molar-refractivity contribution in [1.29, 1.82) is 5.26 Å². The summed E-state index contributed by atoms with van der Waals surface area (Å²) in [6, 6.07) is 15.6. The lowest BCUT2D eigenvalue weighted by atomic mass is 9.77. The molecule has 0 heterocycles.